The topological polar surface area (TPSA) is 46.6 Å². The standard InChI is InChI=1S/C14H16ClF3N2O2/c1-9-7-19(4-5-20(9)13(21)22)8-10-6-11(15)2-3-12(10)14(16,17)18/h2-3,6,9H,4-5,7-8H2,1H3,(H,21,22)/p-1. The molecule has 1 unspecified atom stereocenters. The molecule has 122 valence electrons. The number of carboxylic acid groups (broad SMARTS) is 1. The Labute approximate surface area is 131 Å². The maximum atomic E-state index is 13.0. The van der Waals surface area contributed by atoms with Crippen LogP contribution in [0.25, 0.3) is 0 Å². The van der Waals surface area contributed by atoms with Gasteiger partial charge >= 0.3 is 6.18 Å². The van der Waals surface area contributed by atoms with Gasteiger partial charge in [-0.3, -0.25) is 4.90 Å². The van der Waals surface area contributed by atoms with Crippen LogP contribution in [0.1, 0.15) is 18.1 Å². The molecule has 1 aliphatic heterocycles. The van der Waals surface area contributed by atoms with Gasteiger partial charge in [-0.05, 0) is 30.7 Å². The fraction of sp³-hybridized carbons (Fsp3) is 0.500. The third-order valence-electron chi connectivity index (χ3n) is 3.71. The summed E-state index contributed by atoms with van der Waals surface area (Å²) in [6.45, 7) is 2.68. The first-order valence-corrected chi connectivity index (χ1v) is 7.12. The number of alkyl halides is 3. The molecule has 1 fully saturated rings. The van der Waals surface area contributed by atoms with Crippen molar-refractivity contribution >= 4 is 17.7 Å². The molecule has 8 heteroatoms. The van der Waals surface area contributed by atoms with Gasteiger partial charge in [0.1, 0.15) is 6.09 Å². The number of amides is 1. The molecule has 4 nitrogen and oxygen atoms in total. The van der Waals surface area contributed by atoms with Crippen molar-refractivity contribution in [2.24, 2.45) is 0 Å². The summed E-state index contributed by atoms with van der Waals surface area (Å²) in [5.41, 5.74) is -0.624. The molecule has 0 spiro atoms. The first-order chi connectivity index (χ1) is 10.2. The zero-order chi connectivity index (χ0) is 16.5. The largest absolute Gasteiger partial charge is 0.530 e. The summed E-state index contributed by atoms with van der Waals surface area (Å²) in [4.78, 5) is 13.9. The first kappa shape index (κ1) is 16.9. The van der Waals surface area contributed by atoms with Crippen LogP contribution in [-0.2, 0) is 12.7 Å². The van der Waals surface area contributed by atoms with E-state index in [-0.39, 0.29) is 29.7 Å². The van der Waals surface area contributed by atoms with Crippen molar-refractivity contribution in [1.82, 2.24) is 9.80 Å². The summed E-state index contributed by atoms with van der Waals surface area (Å²) in [7, 11) is 0. The van der Waals surface area contributed by atoms with Crippen molar-refractivity contribution in [2.75, 3.05) is 19.6 Å². The number of piperazine rings is 1. The van der Waals surface area contributed by atoms with Gasteiger partial charge in [0.2, 0.25) is 0 Å². The second-order valence-electron chi connectivity index (χ2n) is 5.34. The lowest BCUT2D eigenvalue weighted by atomic mass is 10.1. The highest BCUT2D eigenvalue weighted by molar-refractivity contribution is 6.30. The summed E-state index contributed by atoms with van der Waals surface area (Å²) >= 11 is 5.80. The predicted molar refractivity (Wildman–Crippen MR) is 73.3 cm³/mol. The zero-order valence-corrected chi connectivity index (χ0v) is 12.6. The number of halogens is 4. The third kappa shape index (κ3) is 3.84. The molecule has 0 aromatic heterocycles. The Hall–Kier alpha value is -1.47. The number of hydrogen-bond acceptors (Lipinski definition) is 3. The molecule has 22 heavy (non-hydrogen) atoms. The van der Waals surface area contributed by atoms with Crippen LogP contribution >= 0.6 is 11.6 Å². The molecule has 1 atom stereocenters. The van der Waals surface area contributed by atoms with Gasteiger partial charge in [0.15, 0.2) is 0 Å². The van der Waals surface area contributed by atoms with Crippen molar-refractivity contribution in [2.45, 2.75) is 25.7 Å². The number of carbonyl (C=O) groups is 1. The van der Waals surface area contributed by atoms with Crippen molar-refractivity contribution in [3.05, 3.63) is 34.3 Å². The molecule has 1 saturated heterocycles. The average molecular weight is 336 g/mol. The molecule has 0 aliphatic carbocycles. The van der Waals surface area contributed by atoms with E-state index in [1.54, 1.807) is 11.8 Å². The second kappa shape index (κ2) is 6.34. The molecular weight excluding hydrogens is 321 g/mol. The summed E-state index contributed by atoms with van der Waals surface area (Å²) in [5, 5.41) is 11.1. The van der Waals surface area contributed by atoms with Gasteiger partial charge in [0, 0.05) is 37.2 Å². The van der Waals surface area contributed by atoms with E-state index in [1.165, 1.54) is 17.0 Å². The quantitative estimate of drug-likeness (QED) is 0.832. The number of carbonyl (C=O) groups excluding carboxylic acids is 1. The second-order valence-corrected chi connectivity index (χ2v) is 5.78. The Morgan fingerprint density at radius 1 is 1.41 bits per heavy atom. The molecule has 1 aromatic rings. The smallest absolute Gasteiger partial charge is 0.416 e. The summed E-state index contributed by atoms with van der Waals surface area (Å²) in [6.07, 6.45) is -5.70. The minimum atomic E-state index is -4.45. The number of rotatable bonds is 2. The van der Waals surface area contributed by atoms with E-state index in [1.807, 2.05) is 0 Å². The highest BCUT2D eigenvalue weighted by Gasteiger charge is 2.34. The highest BCUT2D eigenvalue weighted by Crippen LogP contribution is 2.34. The monoisotopic (exact) mass is 335 g/mol. The SMILES string of the molecule is CC1CN(Cc2cc(Cl)ccc2C(F)(F)F)CCN1C(=O)[O-]. The molecule has 0 radical (unpaired) electrons. The van der Waals surface area contributed by atoms with Gasteiger partial charge in [-0.25, -0.2) is 0 Å². The zero-order valence-electron chi connectivity index (χ0n) is 11.9. The van der Waals surface area contributed by atoms with Crippen molar-refractivity contribution in [3.63, 3.8) is 0 Å². The Balaban J connectivity index is 2.15. The van der Waals surface area contributed by atoms with Crippen LogP contribution in [-0.4, -0.2) is 41.6 Å². The lowest BCUT2D eigenvalue weighted by Crippen LogP contribution is -2.57. The summed E-state index contributed by atoms with van der Waals surface area (Å²) < 4.78 is 39.1. The summed E-state index contributed by atoms with van der Waals surface area (Å²) in [5.74, 6) is 0. The number of nitrogens with zero attached hydrogens (tertiary/aromatic N) is 2. The number of benzene rings is 1. The minimum Gasteiger partial charge on any atom is -0.530 e. The molecule has 0 N–H and O–H groups in total. The summed E-state index contributed by atoms with van der Waals surface area (Å²) in [6, 6.07) is 3.16. The minimum absolute atomic E-state index is 0.0701. The van der Waals surface area contributed by atoms with Crippen molar-refractivity contribution < 1.29 is 23.1 Å². The van der Waals surface area contributed by atoms with Crippen LogP contribution in [0.15, 0.2) is 18.2 Å². The molecule has 0 saturated carbocycles. The molecule has 1 heterocycles. The average Bonchev–Trinajstić information content (AvgIpc) is 2.36. The van der Waals surface area contributed by atoms with E-state index in [9.17, 15) is 23.1 Å². The van der Waals surface area contributed by atoms with Gasteiger partial charge in [0.05, 0.1) is 5.56 Å². The van der Waals surface area contributed by atoms with Crippen LogP contribution in [0.3, 0.4) is 0 Å². The Morgan fingerprint density at radius 2 is 2.09 bits per heavy atom. The highest BCUT2D eigenvalue weighted by atomic mass is 35.5. The third-order valence-corrected chi connectivity index (χ3v) is 3.95. The molecule has 1 aliphatic rings. The maximum absolute atomic E-state index is 13.0. The van der Waals surface area contributed by atoms with Gasteiger partial charge in [-0.1, -0.05) is 11.6 Å². The molecule has 0 bridgehead atoms. The van der Waals surface area contributed by atoms with Crippen LogP contribution in [0, 0.1) is 0 Å². The van der Waals surface area contributed by atoms with E-state index in [4.69, 9.17) is 11.6 Å². The normalized spacial score (nSPS) is 20.2. The van der Waals surface area contributed by atoms with Crippen LogP contribution in [0.2, 0.25) is 5.02 Å². The Kier molecular flexibility index (Phi) is 4.87. The lowest BCUT2D eigenvalue weighted by molar-refractivity contribution is -0.269. The lowest BCUT2D eigenvalue weighted by Gasteiger charge is -2.41. The van der Waals surface area contributed by atoms with E-state index < -0.39 is 17.8 Å². The van der Waals surface area contributed by atoms with Crippen LogP contribution in [0.5, 0.6) is 0 Å². The molecule has 1 amide bonds. The maximum Gasteiger partial charge on any atom is 0.416 e. The van der Waals surface area contributed by atoms with Gasteiger partial charge in [-0.15, -0.1) is 0 Å². The van der Waals surface area contributed by atoms with Crippen molar-refractivity contribution in [1.29, 1.82) is 0 Å². The molecule has 1 aromatic carbocycles. The first-order valence-electron chi connectivity index (χ1n) is 6.74. The molecule has 2 rings (SSSR count). The molecular formula is C14H15ClF3N2O2-. The van der Waals surface area contributed by atoms with E-state index in [2.05, 4.69) is 0 Å². The van der Waals surface area contributed by atoms with E-state index >= 15 is 0 Å². The Morgan fingerprint density at radius 3 is 2.64 bits per heavy atom. The van der Waals surface area contributed by atoms with Gasteiger partial charge < -0.3 is 14.8 Å². The van der Waals surface area contributed by atoms with Crippen LogP contribution in [0.4, 0.5) is 18.0 Å². The fourth-order valence-electron chi connectivity index (χ4n) is 2.66. The van der Waals surface area contributed by atoms with Crippen molar-refractivity contribution in [3.8, 4) is 0 Å². The Bertz CT molecular complexity index is 566. The van der Waals surface area contributed by atoms with Crippen LogP contribution < -0.4 is 5.11 Å². The van der Waals surface area contributed by atoms with E-state index in [0.29, 0.717) is 13.1 Å². The predicted octanol–water partition coefficient (Wildman–Crippen LogP) is 2.21. The number of hydrogen-bond donors (Lipinski definition) is 0. The van der Waals surface area contributed by atoms with Gasteiger partial charge in [0.25, 0.3) is 0 Å². The van der Waals surface area contributed by atoms with Gasteiger partial charge in [-0.2, -0.15) is 13.2 Å². The fourth-order valence-corrected chi connectivity index (χ4v) is 2.85. The van der Waals surface area contributed by atoms with E-state index in [0.717, 1.165) is 6.07 Å².